The maximum Gasteiger partial charge on any atom is 0.336 e. The number of hydrogen-bond acceptors (Lipinski definition) is 5. The molecule has 1 aliphatic rings. The smallest absolute Gasteiger partial charge is 0.336 e. The number of carbonyl (C=O) groups excluding carboxylic acids is 3. The fraction of sp³-hybridized carbons (Fsp3) is 0.100. The van der Waals surface area contributed by atoms with Gasteiger partial charge in [0.2, 0.25) is 0 Å². The number of nitrogens with one attached hydrogen (secondary N) is 1. The lowest BCUT2D eigenvalue weighted by atomic mass is 10.1. The molecular weight excluding hydrogens is 567 g/mol. The Balaban J connectivity index is 1.47. The van der Waals surface area contributed by atoms with E-state index in [1.165, 1.54) is 24.3 Å². The fourth-order valence-electron chi connectivity index (χ4n) is 4.32. The lowest BCUT2D eigenvalue weighted by Crippen LogP contribution is -2.54. The minimum Gasteiger partial charge on any atom is -0.490 e. The van der Waals surface area contributed by atoms with E-state index in [0.29, 0.717) is 33.0 Å². The van der Waals surface area contributed by atoms with E-state index in [1.54, 1.807) is 12.1 Å². The largest absolute Gasteiger partial charge is 0.490 e. The summed E-state index contributed by atoms with van der Waals surface area (Å²) in [6.07, 6.45) is 1.32. The van der Waals surface area contributed by atoms with Gasteiger partial charge in [0.05, 0.1) is 16.8 Å². The van der Waals surface area contributed by atoms with Crippen LogP contribution in [0.4, 0.5) is 14.9 Å². The number of halogens is 2. The summed E-state index contributed by atoms with van der Waals surface area (Å²) >= 11 is 3.52. The topological polar surface area (TPSA) is 84.9 Å². The molecule has 4 aromatic rings. The normalized spacial score (nSPS) is 14.6. The lowest BCUT2D eigenvalue weighted by molar-refractivity contribution is -0.122. The number of fused-ring (bicyclic) bond motifs is 1. The Morgan fingerprint density at radius 1 is 0.949 bits per heavy atom. The third kappa shape index (κ3) is 5.26. The quantitative estimate of drug-likeness (QED) is 0.200. The van der Waals surface area contributed by atoms with Crippen molar-refractivity contribution in [1.29, 1.82) is 0 Å². The van der Waals surface area contributed by atoms with Crippen LogP contribution in [0, 0.1) is 5.82 Å². The van der Waals surface area contributed by atoms with Crippen LogP contribution in [-0.4, -0.2) is 24.5 Å². The number of para-hydroxylation sites is 1. The molecule has 1 N–H and O–H groups in total. The number of urea groups is 1. The predicted molar refractivity (Wildman–Crippen MR) is 149 cm³/mol. The molecule has 0 aromatic heterocycles. The Labute approximate surface area is 232 Å². The van der Waals surface area contributed by atoms with Gasteiger partial charge in [0, 0.05) is 0 Å². The first kappa shape index (κ1) is 26.1. The van der Waals surface area contributed by atoms with Crippen molar-refractivity contribution in [2.45, 2.75) is 13.5 Å². The summed E-state index contributed by atoms with van der Waals surface area (Å²) in [7, 11) is 0. The molecular formula is C30H22BrFN2O5. The van der Waals surface area contributed by atoms with Crippen LogP contribution < -0.4 is 19.7 Å². The summed E-state index contributed by atoms with van der Waals surface area (Å²) in [5, 5.41) is 4.27. The molecule has 1 fully saturated rings. The Bertz CT molecular complexity index is 1650. The van der Waals surface area contributed by atoms with E-state index in [1.807, 2.05) is 49.4 Å². The minimum absolute atomic E-state index is 0.258. The highest BCUT2D eigenvalue weighted by molar-refractivity contribution is 9.10. The van der Waals surface area contributed by atoms with Crippen molar-refractivity contribution >= 4 is 56.3 Å². The monoisotopic (exact) mass is 588 g/mol. The van der Waals surface area contributed by atoms with Gasteiger partial charge in [0.25, 0.3) is 11.8 Å². The van der Waals surface area contributed by atoms with E-state index in [4.69, 9.17) is 9.47 Å². The average Bonchev–Trinajstić information content (AvgIpc) is 2.92. The molecule has 9 heteroatoms. The second-order valence-corrected chi connectivity index (χ2v) is 9.45. The summed E-state index contributed by atoms with van der Waals surface area (Å²) < 4.78 is 26.9. The highest BCUT2D eigenvalue weighted by Gasteiger charge is 2.38. The lowest BCUT2D eigenvalue weighted by Gasteiger charge is -2.26. The Morgan fingerprint density at radius 2 is 1.69 bits per heavy atom. The van der Waals surface area contributed by atoms with Crippen molar-refractivity contribution in [3.63, 3.8) is 0 Å². The van der Waals surface area contributed by atoms with Crippen molar-refractivity contribution in [3.05, 3.63) is 106 Å². The average molecular weight is 589 g/mol. The zero-order chi connectivity index (χ0) is 27.5. The second kappa shape index (κ2) is 11.1. The van der Waals surface area contributed by atoms with E-state index < -0.39 is 23.7 Å². The van der Waals surface area contributed by atoms with Crippen LogP contribution in [0.15, 0.2) is 88.9 Å². The van der Waals surface area contributed by atoms with Gasteiger partial charge in [0.1, 0.15) is 18.0 Å². The van der Waals surface area contributed by atoms with E-state index in [0.717, 1.165) is 22.4 Å². The van der Waals surface area contributed by atoms with E-state index in [-0.39, 0.29) is 17.9 Å². The molecule has 0 atom stereocenters. The minimum atomic E-state index is -1.03. The SMILES string of the molecule is CCOc1cc(/C=C2/C(=O)NC(=O)N(c3ccccc3F)C2=O)cc(Br)c1OCc1cccc2ccccc12. The highest BCUT2D eigenvalue weighted by atomic mass is 79.9. The Morgan fingerprint density at radius 3 is 2.49 bits per heavy atom. The summed E-state index contributed by atoms with van der Waals surface area (Å²) in [5.74, 6) is -1.76. The van der Waals surface area contributed by atoms with Gasteiger partial charge in [-0.1, -0.05) is 54.6 Å². The number of anilines is 1. The standard InChI is InChI=1S/C30H22BrFN2O5/c1-2-38-26-16-18(14-22-28(35)33-30(37)34(29(22)36)25-13-6-5-12-24(25)32)15-23(31)27(26)39-17-20-10-7-9-19-8-3-4-11-21(19)20/h3-16H,2,17H2,1H3,(H,33,35,37)/b22-14-. The van der Waals surface area contributed by atoms with Crippen LogP contribution in [0.5, 0.6) is 11.5 Å². The summed E-state index contributed by atoms with van der Waals surface area (Å²) in [6.45, 7) is 2.44. The van der Waals surface area contributed by atoms with Crippen molar-refractivity contribution in [2.24, 2.45) is 0 Å². The van der Waals surface area contributed by atoms with Crippen LogP contribution in [0.25, 0.3) is 16.8 Å². The van der Waals surface area contributed by atoms with Gasteiger partial charge in [-0.2, -0.15) is 0 Å². The summed E-state index contributed by atoms with van der Waals surface area (Å²) in [6, 6.07) is 21.6. The number of imide groups is 2. The van der Waals surface area contributed by atoms with E-state index >= 15 is 0 Å². The second-order valence-electron chi connectivity index (χ2n) is 8.60. The number of amides is 4. The molecule has 0 radical (unpaired) electrons. The summed E-state index contributed by atoms with van der Waals surface area (Å²) in [4.78, 5) is 38.8. The fourth-order valence-corrected chi connectivity index (χ4v) is 4.89. The van der Waals surface area contributed by atoms with Crippen LogP contribution in [0.1, 0.15) is 18.1 Å². The molecule has 0 unspecified atom stereocenters. The molecule has 7 nitrogen and oxygen atoms in total. The first-order chi connectivity index (χ1) is 18.9. The molecule has 1 saturated heterocycles. The first-order valence-corrected chi connectivity index (χ1v) is 12.9. The number of hydrogen-bond donors (Lipinski definition) is 1. The molecule has 5 rings (SSSR count). The molecule has 1 aliphatic heterocycles. The molecule has 196 valence electrons. The van der Waals surface area contributed by atoms with Gasteiger partial charge < -0.3 is 9.47 Å². The van der Waals surface area contributed by atoms with Gasteiger partial charge in [-0.05, 0) is 75.1 Å². The van der Waals surface area contributed by atoms with Crippen molar-refractivity contribution < 1.29 is 28.2 Å². The van der Waals surface area contributed by atoms with Crippen LogP contribution in [0.2, 0.25) is 0 Å². The van der Waals surface area contributed by atoms with Crippen molar-refractivity contribution in [2.75, 3.05) is 11.5 Å². The van der Waals surface area contributed by atoms with Gasteiger partial charge in [-0.15, -0.1) is 0 Å². The van der Waals surface area contributed by atoms with Crippen LogP contribution >= 0.6 is 15.9 Å². The van der Waals surface area contributed by atoms with E-state index in [2.05, 4.69) is 21.2 Å². The highest BCUT2D eigenvalue weighted by Crippen LogP contribution is 2.39. The maximum absolute atomic E-state index is 14.4. The molecule has 0 bridgehead atoms. The molecule has 4 amide bonds. The summed E-state index contributed by atoms with van der Waals surface area (Å²) in [5.41, 5.74) is 0.837. The first-order valence-electron chi connectivity index (χ1n) is 12.1. The van der Waals surface area contributed by atoms with Gasteiger partial charge in [-0.25, -0.2) is 14.1 Å². The molecule has 0 spiro atoms. The molecule has 0 aliphatic carbocycles. The molecule has 1 heterocycles. The zero-order valence-electron chi connectivity index (χ0n) is 20.7. The number of carbonyl (C=O) groups is 3. The van der Waals surface area contributed by atoms with Gasteiger partial charge >= 0.3 is 6.03 Å². The molecule has 39 heavy (non-hydrogen) atoms. The van der Waals surface area contributed by atoms with Crippen LogP contribution in [0.3, 0.4) is 0 Å². The van der Waals surface area contributed by atoms with E-state index in [9.17, 15) is 18.8 Å². The third-order valence-electron chi connectivity index (χ3n) is 6.09. The predicted octanol–water partition coefficient (Wildman–Crippen LogP) is 6.39. The Kier molecular flexibility index (Phi) is 7.42. The molecule has 4 aromatic carbocycles. The molecule has 0 saturated carbocycles. The number of barbiturate groups is 1. The number of nitrogens with zero attached hydrogens (tertiary/aromatic N) is 1. The third-order valence-corrected chi connectivity index (χ3v) is 6.68. The van der Waals surface area contributed by atoms with Crippen molar-refractivity contribution in [1.82, 2.24) is 5.32 Å². The number of ether oxygens (including phenoxy) is 2. The van der Waals surface area contributed by atoms with Crippen LogP contribution in [-0.2, 0) is 16.2 Å². The Hall–Kier alpha value is -4.50. The number of benzene rings is 4. The maximum atomic E-state index is 14.4. The number of rotatable bonds is 7. The zero-order valence-corrected chi connectivity index (χ0v) is 22.3. The van der Waals surface area contributed by atoms with Gasteiger partial charge in [0.15, 0.2) is 11.5 Å². The van der Waals surface area contributed by atoms with Crippen molar-refractivity contribution in [3.8, 4) is 11.5 Å². The van der Waals surface area contributed by atoms with Gasteiger partial charge in [-0.3, -0.25) is 14.9 Å².